The maximum atomic E-state index is 12.9. The number of nitro groups is 1. The number of carbonyl (C=O) groups excluding carboxylic acids is 1. The second-order valence-corrected chi connectivity index (χ2v) is 4.87. The van der Waals surface area contributed by atoms with E-state index in [0.29, 0.717) is 5.56 Å². The third kappa shape index (κ3) is 4.77. The highest BCUT2D eigenvalue weighted by molar-refractivity contribution is 5.89. The first-order valence-electron chi connectivity index (χ1n) is 7.27. The Hall–Kier alpha value is -3.43. The van der Waals surface area contributed by atoms with Crippen LogP contribution in [0.1, 0.15) is 12.5 Å². The minimum atomic E-state index is -0.794. The molecule has 0 aliphatic rings. The number of nitrogen functional groups attached to an aromatic ring is 1. The van der Waals surface area contributed by atoms with Crippen LogP contribution in [0.15, 0.2) is 30.3 Å². The molecule has 0 fully saturated rings. The molecule has 0 spiro atoms. The minimum absolute atomic E-state index is 0.0301. The monoisotopic (exact) mass is 349 g/mol. The van der Waals surface area contributed by atoms with Gasteiger partial charge in [0.15, 0.2) is 0 Å². The molecule has 9 nitrogen and oxygen atoms in total. The summed E-state index contributed by atoms with van der Waals surface area (Å²) in [6.45, 7) is 1.93. The molecule has 0 radical (unpaired) electrons. The van der Waals surface area contributed by atoms with Crippen molar-refractivity contribution in [3.63, 3.8) is 0 Å². The molecule has 0 aliphatic carbocycles. The molecule has 0 aliphatic heterocycles. The molecule has 2 aromatic rings. The zero-order chi connectivity index (χ0) is 18.4. The molecule has 1 aromatic carbocycles. The van der Waals surface area contributed by atoms with Crippen LogP contribution in [-0.4, -0.2) is 22.6 Å². The van der Waals surface area contributed by atoms with Gasteiger partial charge in [-0.25, -0.2) is 14.2 Å². The first-order chi connectivity index (χ1) is 11.9. The Bertz CT molecular complexity index is 782. The van der Waals surface area contributed by atoms with Gasteiger partial charge in [-0.3, -0.25) is 15.4 Å². The van der Waals surface area contributed by atoms with E-state index in [-0.39, 0.29) is 42.0 Å². The summed E-state index contributed by atoms with van der Waals surface area (Å²) < 4.78 is 17.6. The predicted octanol–water partition coefficient (Wildman–Crippen LogP) is 2.89. The highest BCUT2D eigenvalue weighted by Gasteiger charge is 2.20. The van der Waals surface area contributed by atoms with Crippen LogP contribution in [0.2, 0.25) is 0 Å². The number of ether oxygens (including phenoxy) is 1. The van der Waals surface area contributed by atoms with E-state index < -0.39 is 11.0 Å². The summed E-state index contributed by atoms with van der Waals surface area (Å²) in [7, 11) is 0. The van der Waals surface area contributed by atoms with E-state index in [1.165, 1.54) is 24.3 Å². The second kappa shape index (κ2) is 7.90. The molecule has 0 atom stereocenters. The van der Waals surface area contributed by atoms with E-state index in [0.717, 1.165) is 6.07 Å². The molecule has 25 heavy (non-hydrogen) atoms. The van der Waals surface area contributed by atoms with Crippen molar-refractivity contribution in [1.29, 1.82) is 0 Å². The summed E-state index contributed by atoms with van der Waals surface area (Å²) in [5.41, 5.74) is 6.03. The van der Waals surface area contributed by atoms with E-state index in [1.54, 1.807) is 6.92 Å². The first-order valence-corrected chi connectivity index (χ1v) is 7.27. The summed E-state index contributed by atoms with van der Waals surface area (Å²) in [5.74, 6) is -0.562. The number of aromatic nitrogens is 1. The van der Waals surface area contributed by atoms with Gasteiger partial charge in [0.1, 0.15) is 11.6 Å². The van der Waals surface area contributed by atoms with Gasteiger partial charge in [0.25, 0.3) is 0 Å². The number of benzene rings is 1. The maximum Gasteiger partial charge on any atom is 0.411 e. The zero-order valence-corrected chi connectivity index (χ0v) is 13.3. The predicted molar refractivity (Wildman–Crippen MR) is 89.7 cm³/mol. The van der Waals surface area contributed by atoms with Crippen LogP contribution < -0.4 is 16.4 Å². The highest BCUT2D eigenvalue weighted by Crippen LogP contribution is 2.30. The first kappa shape index (κ1) is 17.9. The zero-order valence-electron chi connectivity index (χ0n) is 13.3. The summed E-state index contributed by atoms with van der Waals surface area (Å²) >= 11 is 0. The minimum Gasteiger partial charge on any atom is -0.450 e. The maximum absolute atomic E-state index is 12.9. The third-order valence-corrected chi connectivity index (χ3v) is 3.11. The van der Waals surface area contributed by atoms with Crippen LogP contribution >= 0.6 is 0 Å². The molecular weight excluding hydrogens is 333 g/mol. The van der Waals surface area contributed by atoms with E-state index in [4.69, 9.17) is 10.5 Å². The smallest absolute Gasteiger partial charge is 0.411 e. The molecule has 0 saturated carbocycles. The van der Waals surface area contributed by atoms with Crippen molar-refractivity contribution >= 4 is 29.1 Å². The van der Waals surface area contributed by atoms with Gasteiger partial charge in [-0.1, -0.05) is 12.1 Å². The molecule has 0 saturated heterocycles. The van der Waals surface area contributed by atoms with E-state index >= 15 is 0 Å². The molecule has 132 valence electrons. The average molecular weight is 349 g/mol. The number of rotatable bonds is 6. The Morgan fingerprint density at radius 2 is 2.08 bits per heavy atom. The van der Waals surface area contributed by atoms with Gasteiger partial charge in [-0.05, 0) is 24.6 Å². The Balaban J connectivity index is 2.22. The van der Waals surface area contributed by atoms with Gasteiger partial charge in [0.2, 0.25) is 5.82 Å². The normalized spacial score (nSPS) is 10.2. The number of amides is 1. The van der Waals surface area contributed by atoms with Crippen LogP contribution in [0.25, 0.3) is 0 Å². The lowest BCUT2D eigenvalue weighted by atomic mass is 10.2. The number of hydrogen-bond donors (Lipinski definition) is 3. The highest BCUT2D eigenvalue weighted by atomic mass is 19.1. The van der Waals surface area contributed by atoms with Gasteiger partial charge in [-0.2, -0.15) is 0 Å². The fourth-order valence-corrected chi connectivity index (χ4v) is 1.95. The number of carbonyl (C=O) groups is 1. The van der Waals surface area contributed by atoms with Crippen molar-refractivity contribution in [2.24, 2.45) is 0 Å². The van der Waals surface area contributed by atoms with Crippen LogP contribution in [0.3, 0.4) is 0 Å². The Morgan fingerprint density at radius 3 is 2.68 bits per heavy atom. The molecule has 10 heteroatoms. The van der Waals surface area contributed by atoms with E-state index in [9.17, 15) is 19.3 Å². The lowest BCUT2D eigenvalue weighted by molar-refractivity contribution is -0.384. The Morgan fingerprint density at radius 1 is 1.40 bits per heavy atom. The van der Waals surface area contributed by atoms with Gasteiger partial charge >= 0.3 is 11.8 Å². The van der Waals surface area contributed by atoms with Crippen molar-refractivity contribution in [2.75, 3.05) is 23.0 Å². The van der Waals surface area contributed by atoms with E-state index in [1.807, 2.05) is 0 Å². The second-order valence-electron chi connectivity index (χ2n) is 4.87. The van der Waals surface area contributed by atoms with Crippen molar-refractivity contribution in [1.82, 2.24) is 4.98 Å². The standard InChI is InChI=1S/C15H16FN5O4/c1-2-25-15(22)19-11-7-12(21(23)24)14(20-13(11)17)18-8-9-3-5-10(16)6-4-9/h3-7H,2,8H2,1H3,(H,19,22)(H3,17,18,20). The molecule has 1 heterocycles. The van der Waals surface area contributed by atoms with Crippen LogP contribution in [-0.2, 0) is 11.3 Å². The molecule has 1 amide bonds. The summed E-state index contributed by atoms with van der Waals surface area (Å²) in [5, 5.41) is 16.3. The lowest BCUT2D eigenvalue weighted by Gasteiger charge is -2.11. The van der Waals surface area contributed by atoms with Crippen molar-refractivity contribution in [3.8, 4) is 0 Å². The summed E-state index contributed by atoms with van der Waals surface area (Å²) in [6, 6.07) is 6.72. The van der Waals surface area contributed by atoms with Crippen LogP contribution in [0, 0.1) is 15.9 Å². The number of pyridine rings is 1. The molecule has 0 bridgehead atoms. The number of halogens is 1. The fraction of sp³-hybridized carbons (Fsp3) is 0.200. The number of nitrogens with zero attached hydrogens (tertiary/aromatic N) is 2. The number of nitrogens with two attached hydrogens (primary N) is 1. The molecule has 4 N–H and O–H groups in total. The Kier molecular flexibility index (Phi) is 5.66. The lowest BCUT2D eigenvalue weighted by Crippen LogP contribution is -2.16. The summed E-state index contributed by atoms with van der Waals surface area (Å²) in [6.07, 6.45) is -0.794. The molecule has 1 aromatic heterocycles. The molecule has 0 unspecified atom stereocenters. The SMILES string of the molecule is CCOC(=O)Nc1cc([N+](=O)[O-])c(NCc2ccc(F)cc2)nc1N. The van der Waals surface area contributed by atoms with Crippen LogP contribution in [0.5, 0.6) is 0 Å². The quantitative estimate of drug-likeness (QED) is 0.539. The Labute approximate surface area is 142 Å². The number of anilines is 3. The summed E-state index contributed by atoms with van der Waals surface area (Å²) in [4.78, 5) is 25.9. The van der Waals surface area contributed by atoms with Gasteiger partial charge in [0, 0.05) is 12.6 Å². The van der Waals surface area contributed by atoms with Gasteiger partial charge in [0.05, 0.1) is 17.2 Å². The fourth-order valence-electron chi connectivity index (χ4n) is 1.95. The van der Waals surface area contributed by atoms with E-state index in [2.05, 4.69) is 15.6 Å². The third-order valence-electron chi connectivity index (χ3n) is 3.11. The largest absolute Gasteiger partial charge is 0.450 e. The molecule has 2 rings (SSSR count). The number of nitrogens with one attached hydrogen (secondary N) is 2. The molecular formula is C15H16FN5O4. The van der Waals surface area contributed by atoms with Crippen LogP contribution in [0.4, 0.5) is 32.2 Å². The van der Waals surface area contributed by atoms with Crippen molar-refractivity contribution < 1.29 is 18.8 Å². The van der Waals surface area contributed by atoms with Crippen molar-refractivity contribution in [3.05, 3.63) is 51.8 Å². The van der Waals surface area contributed by atoms with Gasteiger partial charge in [-0.15, -0.1) is 0 Å². The van der Waals surface area contributed by atoms with Crippen molar-refractivity contribution in [2.45, 2.75) is 13.5 Å². The number of hydrogen-bond acceptors (Lipinski definition) is 7. The topological polar surface area (TPSA) is 132 Å². The average Bonchev–Trinajstić information content (AvgIpc) is 2.56. The van der Waals surface area contributed by atoms with Gasteiger partial charge < -0.3 is 15.8 Å².